The molecule has 0 aromatic heterocycles. The number of rotatable bonds is 12. The minimum absolute atomic E-state index is 0. The van der Waals surface area contributed by atoms with Crippen LogP contribution in [0.2, 0.25) is 0 Å². The normalized spacial score (nSPS) is 10.4. The predicted octanol–water partition coefficient (Wildman–Crippen LogP) is 4.48. The zero-order chi connectivity index (χ0) is 16.2. The quantitative estimate of drug-likeness (QED) is 0.568. The van der Waals surface area contributed by atoms with Crippen LogP contribution in [-0.2, 0) is 0 Å². The summed E-state index contributed by atoms with van der Waals surface area (Å²) in [6, 6.07) is 6.59. The van der Waals surface area contributed by atoms with Gasteiger partial charge in [0, 0.05) is 6.54 Å². The molecule has 0 radical (unpaired) electrons. The Bertz CT molecular complexity index is 415. The first-order chi connectivity index (χ1) is 10.7. The Labute approximate surface area is 146 Å². The molecule has 23 heavy (non-hydrogen) atoms. The van der Waals surface area contributed by atoms with Crippen molar-refractivity contribution in [2.45, 2.75) is 46.0 Å². The minimum Gasteiger partial charge on any atom is -0.494 e. The van der Waals surface area contributed by atoms with E-state index >= 15 is 0 Å². The molecule has 4 nitrogen and oxygen atoms in total. The van der Waals surface area contributed by atoms with E-state index in [1.165, 1.54) is 38.8 Å². The summed E-state index contributed by atoms with van der Waals surface area (Å²) in [5, 5.41) is 8.85. The molecule has 0 unspecified atom stereocenters. The fourth-order valence-corrected chi connectivity index (χ4v) is 2.27. The Morgan fingerprint density at radius 2 is 1.52 bits per heavy atom. The molecule has 0 aliphatic carbocycles. The summed E-state index contributed by atoms with van der Waals surface area (Å²) in [6.07, 6.45) is 5.96. The highest BCUT2D eigenvalue weighted by Crippen LogP contribution is 2.12. The molecule has 0 spiro atoms. The summed E-state index contributed by atoms with van der Waals surface area (Å²) in [5.74, 6) is -0.173. The van der Waals surface area contributed by atoms with Gasteiger partial charge in [-0.3, -0.25) is 0 Å². The third-order valence-corrected chi connectivity index (χ3v) is 3.64. The van der Waals surface area contributed by atoms with Crippen LogP contribution in [0.5, 0.6) is 5.75 Å². The average molecular weight is 344 g/mol. The summed E-state index contributed by atoms with van der Waals surface area (Å²) in [4.78, 5) is 13.3. The number of aromatic carboxylic acids is 1. The van der Waals surface area contributed by atoms with Crippen LogP contribution in [-0.4, -0.2) is 42.2 Å². The summed E-state index contributed by atoms with van der Waals surface area (Å²) < 4.78 is 5.68. The van der Waals surface area contributed by atoms with Crippen LogP contribution < -0.4 is 4.74 Å². The van der Waals surface area contributed by atoms with E-state index in [-0.39, 0.29) is 18.0 Å². The highest BCUT2D eigenvalue weighted by molar-refractivity contribution is 5.87. The third-order valence-electron chi connectivity index (χ3n) is 3.64. The van der Waals surface area contributed by atoms with E-state index < -0.39 is 5.97 Å². The largest absolute Gasteiger partial charge is 0.494 e. The van der Waals surface area contributed by atoms with Crippen molar-refractivity contribution in [3.8, 4) is 5.75 Å². The van der Waals surface area contributed by atoms with E-state index in [4.69, 9.17) is 9.84 Å². The summed E-state index contributed by atoms with van der Waals surface area (Å²) in [6.45, 7) is 8.52. The number of halogens is 1. The molecule has 0 aliphatic rings. The van der Waals surface area contributed by atoms with Gasteiger partial charge in [-0.05, 0) is 56.6 Å². The average Bonchev–Trinajstić information content (AvgIpc) is 2.53. The first kappa shape index (κ1) is 21.7. The lowest BCUT2D eigenvalue weighted by molar-refractivity contribution is 0.0697. The van der Waals surface area contributed by atoms with Crippen LogP contribution in [0, 0.1) is 0 Å². The minimum atomic E-state index is -0.908. The third kappa shape index (κ3) is 9.47. The topological polar surface area (TPSA) is 49.8 Å². The molecule has 5 heteroatoms. The first-order valence-electron chi connectivity index (χ1n) is 8.35. The van der Waals surface area contributed by atoms with Gasteiger partial charge in [-0.15, -0.1) is 12.4 Å². The predicted molar refractivity (Wildman–Crippen MR) is 97.0 cm³/mol. The van der Waals surface area contributed by atoms with Crippen molar-refractivity contribution >= 4 is 18.4 Å². The molecular formula is C18H30ClNO3. The summed E-state index contributed by atoms with van der Waals surface area (Å²) >= 11 is 0. The van der Waals surface area contributed by atoms with Gasteiger partial charge in [-0.25, -0.2) is 4.79 Å². The van der Waals surface area contributed by atoms with Gasteiger partial charge in [0.1, 0.15) is 5.75 Å². The standard InChI is InChI=1S/C18H29NO3.ClH/c1-3-5-12-19(13-6-4-2)14-7-15-22-17-10-8-16(9-11-17)18(20)21;/h8-11H,3-7,12-15H2,1-2H3,(H,20,21);1H. The Morgan fingerprint density at radius 3 is 2.00 bits per heavy atom. The fraction of sp³-hybridized carbons (Fsp3) is 0.611. The number of hydrogen-bond donors (Lipinski definition) is 1. The van der Waals surface area contributed by atoms with Crippen molar-refractivity contribution in [2.75, 3.05) is 26.2 Å². The van der Waals surface area contributed by atoms with Crippen molar-refractivity contribution in [1.29, 1.82) is 0 Å². The second-order valence-electron chi connectivity index (χ2n) is 5.58. The van der Waals surface area contributed by atoms with Crippen LogP contribution in [0.25, 0.3) is 0 Å². The van der Waals surface area contributed by atoms with Gasteiger partial charge in [0.2, 0.25) is 0 Å². The van der Waals surface area contributed by atoms with Gasteiger partial charge in [-0.1, -0.05) is 26.7 Å². The molecule has 0 saturated carbocycles. The molecule has 0 aliphatic heterocycles. The van der Waals surface area contributed by atoms with Crippen molar-refractivity contribution < 1.29 is 14.6 Å². The van der Waals surface area contributed by atoms with Gasteiger partial charge in [0.15, 0.2) is 0 Å². The zero-order valence-electron chi connectivity index (χ0n) is 14.3. The van der Waals surface area contributed by atoms with E-state index in [1.54, 1.807) is 24.3 Å². The maximum absolute atomic E-state index is 10.8. The van der Waals surface area contributed by atoms with E-state index in [0.29, 0.717) is 6.61 Å². The van der Waals surface area contributed by atoms with E-state index in [0.717, 1.165) is 18.7 Å². The number of ether oxygens (including phenoxy) is 1. The molecule has 0 heterocycles. The molecule has 0 saturated heterocycles. The molecule has 0 amide bonds. The summed E-state index contributed by atoms with van der Waals surface area (Å²) in [5.41, 5.74) is 0.289. The highest BCUT2D eigenvalue weighted by atomic mass is 35.5. The number of unbranched alkanes of at least 4 members (excludes halogenated alkanes) is 2. The number of carboxylic acid groups (broad SMARTS) is 1. The Balaban J connectivity index is 0.00000484. The molecule has 1 aromatic carbocycles. The van der Waals surface area contributed by atoms with Crippen LogP contribution in [0.15, 0.2) is 24.3 Å². The maximum atomic E-state index is 10.8. The van der Waals surface area contributed by atoms with Crippen molar-refractivity contribution in [2.24, 2.45) is 0 Å². The maximum Gasteiger partial charge on any atom is 0.335 e. The molecular weight excluding hydrogens is 314 g/mol. The SMILES string of the molecule is CCCCN(CCCC)CCCOc1ccc(C(=O)O)cc1.Cl. The fourth-order valence-electron chi connectivity index (χ4n) is 2.27. The lowest BCUT2D eigenvalue weighted by Gasteiger charge is -2.21. The zero-order valence-corrected chi connectivity index (χ0v) is 15.1. The lowest BCUT2D eigenvalue weighted by Crippen LogP contribution is -2.28. The number of hydrogen-bond acceptors (Lipinski definition) is 3. The Morgan fingerprint density at radius 1 is 1.00 bits per heavy atom. The number of carboxylic acids is 1. The van der Waals surface area contributed by atoms with E-state index in [9.17, 15) is 4.79 Å². The van der Waals surface area contributed by atoms with E-state index in [2.05, 4.69) is 18.7 Å². The highest BCUT2D eigenvalue weighted by Gasteiger charge is 2.05. The van der Waals surface area contributed by atoms with Crippen LogP contribution in [0.1, 0.15) is 56.3 Å². The smallest absolute Gasteiger partial charge is 0.335 e. The molecule has 1 aromatic rings. The lowest BCUT2D eigenvalue weighted by atomic mass is 10.2. The second kappa shape index (κ2) is 13.2. The van der Waals surface area contributed by atoms with Crippen LogP contribution >= 0.6 is 12.4 Å². The van der Waals surface area contributed by atoms with Gasteiger partial charge < -0.3 is 14.7 Å². The van der Waals surface area contributed by atoms with Gasteiger partial charge in [0.05, 0.1) is 12.2 Å². The van der Waals surface area contributed by atoms with Crippen molar-refractivity contribution in [3.05, 3.63) is 29.8 Å². The van der Waals surface area contributed by atoms with Crippen LogP contribution in [0.4, 0.5) is 0 Å². The Hall–Kier alpha value is -1.26. The molecule has 1 N–H and O–H groups in total. The number of carbonyl (C=O) groups is 1. The second-order valence-corrected chi connectivity index (χ2v) is 5.58. The van der Waals surface area contributed by atoms with Gasteiger partial charge in [0.25, 0.3) is 0 Å². The van der Waals surface area contributed by atoms with Crippen molar-refractivity contribution in [3.63, 3.8) is 0 Å². The molecule has 132 valence electrons. The molecule has 0 bridgehead atoms. The van der Waals surface area contributed by atoms with Crippen LogP contribution in [0.3, 0.4) is 0 Å². The molecule has 0 fully saturated rings. The molecule has 0 atom stereocenters. The molecule has 1 rings (SSSR count). The van der Waals surface area contributed by atoms with Gasteiger partial charge in [-0.2, -0.15) is 0 Å². The first-order valence-corrected chi connectivity index (χ1v) is 8.35. The van der Waals surface area contributed by atoms with E-state index in [1.807, 2.05) is 0 Å². The van der Waals surface area contributed by atoms with Crippen molar-refractivity contribution in [1.82, 2.24) is 4.90 Å². The number of nitrogens with zero attached hydrogens (tertiary/aromatic N) is 1. The Kier molecular flexibility index (Phi) is 12.5. The number of benzene rings is 1. The monoisotopic (exact) mass is 343 g/mol. The van der Waals surface area contributed by atoms with Gasteiger partial charge >= 0.3 is 5.97 Å². The summed E-state index contributed by atoms with van der Waals surface area (Å²) in [7, 11) is 0.